The van der Waals surface area contributed by atoms with Gasteiger partial charge in [-0.2, -0.15) is 0 Å². The third-order valence-corrected chi connectivity index (χ3v) is 7.42. The number of benzene rings is 1. The monoisotopic (exact) mass is 388 g/mol. The fourth-order valence-electron chi connectivity index (χ4n) is 4.35. The zero-order chi connectivity index (χ0) is 21.8. The molecule has 1 aromatic carbocycles. The Morgan fingerprint density at radius 1 is 0.821 bits per heavy atom. The van der Waals surface area contributed by atoms with E-state index in [4.69, 9.17) is 0 Å². The van der Waals surface area contributed by atoms with E-state index >= 15 is 0 Å². The van der Waals surface area contributed by atoms with Gasteiger partial charge in [-0.15, -0.1) is 0 Å². The van der Waals surface area contributed by atoms with Crippen LogP contribution in [-0.2, 0) is 0 Å². The maximum atomic E-state index is 2.46. The predicted octanol–water partition coefficient (Wildman–Crippen LogP) is 10.1. The topological polar surface area (TPSA) is 0 Å². The number of rotatable bonds is 5. The second-order valence-corrected chi connectivity index (χ2v) is 9.74. The molecule has 1 aromatic rings. The second-order valence-electron chi connectivity index (χ2n) is 9.74. The molecule has 2 unspecified atom stereocenters. The molecule has 164 valence electrons. The summed E-state index contributed by atoms with van der Waals surface area (Å²) in [5, 5.41) is 0. The molecular formula is C28H52. The molecule has 0 radical (unpaired) electrons. The molecule has 0 amide bonds. The first kappa shape index (κ1) is 27.2. The minimum Gasteiger partial charge on any atom is -0.0683 e. The molecule has 0 saturated heterocycles. The molecule has 1 aliphatic carbocycles. The van der Waals surface area contributed by atoms with Crippen molar-refractivity contribution in [1.29, 1.82) is 0 Å². The van der Waals surface area contributed by atoms with Gasteiger partial charge in [-0.25, -0.2) is 0 Å². The first-order valence-corrected chi connectivity index (χ1v) is 12.3. The van der Waals surface area contributed by atoms with E-state index in [9.17, 15) is 0 Å². The van der Waals surface area contributed by atoms with Crippen LogP contribution in [0, 0.1) is 10.8 Å². The molecule has 2 atom stereocenters. The maximum Gasteiger partial charge on any atom is -0.0131 e. The van der Waals surface area contributed by atoms with Gasteiger partial charge in [0.15, 0.2) is 0 Å². The highest BCUT2D eigenvalue weighted by Crippen LogP contribution is 2.51. The van der Waals surface area contributed by atoms with Crippen LogP contribution in [0.4, 0.5) is 0 Å². The van der Waals surface area contributed by atoms with E-state index in [2.05, 4.69) is 79.7 Å². The summed E-state index contributed by atoms with van der Waals surface area (Å²) in [4.78, 5) is 0. The van der Waals surface area contributed by atoms with Gasteiger partial charge in [0.1, 0.15) is 0 Å². The summed E-state index contributed by atoms with van der Waals surface area (Å²) in [5.41, 5.74) is 3.74. The van der Waals surface area contributed by atoms with Crippen molar-refractivity contribution in [3.05, 3.63) is 35.4 Å². The van der Waals surface area contributed by atoms with Gasteiger partial charge in [0.05, 0.1) is 0 Å². The van der Waals surface area contributed by atoms with Crippen molar-refractivity contribution < 1.29 is 0 Å². The van der Waals surface area contributed by atoms with Crippen molar-refractivity contribution in [3.63, 3.8) is 0 Å². The Morgan fingerprint density at radius 3 is 1.64 bits per heavy atom. The Hall–Kier alpha value is -0.780. The fourth-order valence-corrected chi connectivity index (χ4v) is 4.35. The Balaban J connectivity index is 0.00000108. The summed E-state index contributed by atoms with van der Waals surface area (Å²) in [7, 11) is 0. The highest BCUT2D eigenvalue weighted by molar-refractivity contribution is 5.29. The van der Waals surface area contributed by atoms with Crippen molar-refractivity contribution in [2.24, 2.45) is 10.8 Å². The molecule has 1 saturated carbocycles. The molecule has 0 N–H and O–H groups in total. The van der Waals surface area contributed by atoms with Crippen molar-refractivity contribution >= 4 is 0 Å². The van der Waals surface area contributed by atoms with Crippen LogP contribution in [0.3, 0.4) is 0 Å². The highest BCUT2D eigenvalue weighted by Gasteiger charge is 2.40. The van der Waals surface area contributed by atoms with Crippen LogP contribution in [0.5, 0.6) is 0 Å². The normalized spacial score (nSPS) is 18.1. The van der Waals surface area contributed by atoms with E-state index in [0.717, 1.165) is 5.92 Å². The summed E-state index contributed by atoms with van der Waals surface area (Å²) in [6.07, 6.45) is 10.9. The van der Waals surface area contributed by atoms with Gasteiger partial charge >= 0.3 is 0 Å². The minimum absolute atomic E-state index is 0.323. The fraction of sp³-hybridized carbons (Fsp3) is 0.786. The van der Waals surface area contributed by atoms with E-state index in [1.165, 1.54) is 56.9 Å². The van der Waals surface area contributed by atoms with E-state index < -0.39 is 0 Å². The van der Waals surface area contributed by atoms with E-state index in [0.29, 0.717) is 16.7 Å². The summed E-state index contributed by atoms with van der Waals surface area (Å²) < 4.78 is 0. The quantitative estimate of drug-likeness (QED) is 0.470. The number of unbranched alkanes of at least 4 members (excludes halogenated alkanes) is 1. The zero-order valence-corrected chi connectivity index (χ0v) is 21.1. The Morgan fingerprint density at radius 2 is 1.29 bits per heavy atom. The van der Waals surface area contributed by atoms with Gasteiger partial charge in [-0.05, 0) is 53.1 Å². The molecule has 0 aliphatic heterocycles. The van der Waals surface area contributed by atoms with Gasteiger partial charge in [0.2, 0.25) is 0 Å². The lowest BCUT2D eigenvalue weighted by molar-refractivity contribution is 0.0736. The van der Waals surface area contributed by atoms with Crippen LogP contribution in [0.15, 0.2) is 24.3 Å². The van der Waals surface area contributed by atoms with E-state index in [-0.39, 0.29) is 0 Å². The van der Waals surface area contributed by atoms with Crippen LogP contribution >= 0.6 is 0 Å². The molecule has 28 heavy (non-hydrogen) atoms. The largest absolute Gasteiger partial charge is 0.0683 e. The van der Waals surface area contributed by atoms with Crippen molar-refractivity contribution in [2.75, 3.05) is 0 Å². The summed E-state index contributed by atoms with van der Waals surface area (Å²) in [5.74, 6) is 1.41. The lowest BCUT2D eigenvalue weighted by Gasteiger charge is -2.46. The highest BCUT2D eigenvalue weighted by atomic mass is 14.4. The lowest BCUT2D eigenvalue weighted by atomic mass is 9.58. The van der Waals surface area contributed by atoms with Gasteiger partial charge in [-0.1, -0.05) is 126 Å². The van der Waals surface area contributed by atoms with Crippen LogP contribution in [0.2, 0.25) is 0 Å². The molecule has 0 bridgehead atoms. The summed E-state index contributed by atoms with van der Waals surface area (Å²) in [6.45, 7) is 22.8. The van der Waals surface area contributed by atoms with Gasteiger partial charge in [0.25, 0.3) is 0 Å². The molecule has 0 spiro atoms. The smallest absolute Gasteiger partial charge is 0.0131 e. The van der Waals surface area contributed by atoms with Crippen molar-refractivity contribution in [3.8, 4) is 0 Å². The van der Waals surface area contributed by atoms with Gasteiger partial charge in [-0.3, -0.25) is 0 Å². The number of hydrogen-bond acceptors (Lipinski definition) is 0. The van der Waals surface area contributed by atoms with Crippen LogP contribution < -0.4 is 0 Å². The average molecular weight is 389 g/mol. The first-order valence-electron chi connectivity index (χ1n) is 12.3. The maximum absolute atomic E-state index is 2.46. The molecule has 0 nitrogen and oxygen atoms in total. The molecule has 2 rings (SSSR count). The Kier molecular flexibility index (Phi) is 13.1. The van der Waals surface area contributed by atoms with Crippen molar-refractivity contribution in [1.82, 2.24) is 0 Å². The molecule has 1 fully saturated rings. The van der Waals surface area contributed by atoms with Crippen LogP contribution in [0.25, 0.3) is 0 Å². The second kappa shape index (κ2) is 13.4. The van der Waals surface area contributed by atoms with Crippen molar-refractivity contribution in [2.45, 2.75) is 132 Å². The van der Waals surface area contributed by atoms with E-state index in [1.54, 1.807) is 5.56 Å². The number of hydrogen-bond donors (Lipinski definition) is 0. The predicted molar refractivity (Wildman–Crippen MR) is 130 cm³/mol. The standard InChI is InChI=1S/C22H36.C4H10.C2H6/c1-7-22(6,21(3,4)5)17(2)18-13-15-20(16-14-18)19-11-9-8-10-12-19;1-3-4-2;1-2/h13-17,19H,7-12H2,1-6H3;3-4H2,1-2H3;1-2H3. The van der Waals surface area contributed by atoms with Crippen LogP contribution in [-0.4, -0.2) is 0 Å². The van der Waals surface area contributed by atoms with Gasteiger partial charge in [0, 0.05) is 0 Å². The van der Waals surface area contributed by atoms with E-state index in [1.807, 2.05) is 13.8 Å². The average Bonchev–Trinajstić information content (AvgIpc) is 2.74. The summed E-state index contributed by atoms with van der Waals surface area (Å²) >= 11 is 0. The van der Waals surface area contributed by atoms with Crippen LogP contribution in [0.1, 0.15) is 144 Å². The molecular weight excluding hydrogens is 336 g/mol. The molecule has 0 aromatic heterocycles. The van der Waals surface area contributed by atoms with Gasteiger partial charge < -0.3 is 0 Å². The third-order valence-electron chi connectivity index (χ3n) is 7.42. The minimum atomic E-state index is 0.323. The Bertz CT molecular complexity index is 482. The third kappa shape index (κ3) is 7.57. The molecule has 0 heterocycles. The lowest BCUT2D eigenvalue weighted by Crippen LogP contribution is -2.37. The first-order chi connectivity index (χ1) is 13.2. The molecule has 1 aliphatic rings. The SMILES string of the molecule is CC.CCC(C)(C(C)c1ccc(C2CCCCC2)cc1)C(C)(C)C.CCCC. The zero-order valence-electron chi connectivity index (χ0n) is 21.1. The Labute approximate surface area is 178 Å². The molecule has 0 heteroatoms. The summed E-state index contributed by atoms with van der Waals surface area (Å²) in [6, 6.07) is 9.66.